The van der Waals surface area contributed by atoms with E-state index in [1.165, 1.54) is 26.5 Å². The Hall–Kier alpha value is -5.00. The molecular weight excluding hydrogens is 580 g/mol. The van der Waals surface area contributed by atoms with Crippen LogP contribution in [0.2, 0.25) is 0 Å². The lowest BCUT2D eigenvalue weighted by Crippen LogP contribution is -2.43. The molecule has 0 amide bonds. The van der Waals surface area contributed by atoms with Gasteiger partial charge in [-0.3, -0.25) is 23.9 Å². The van der Waals surface area contributed by atoms with Crippen LogP contribution in [0.3, 0.4) is 0 Å². The number of hydrogen-bond acceptors (Lipinski definition) is 9. The Morgan fingerprint density at radius 1 is 0.800 bits per heavy atom. The molecule has 1 aromatic heterocycles. The van der Waals surface area contributed by atoms with Crippen molar-refractivity contribution in [2.45, 2.75) is 17.9 Å². The minimum atomic E-state index is -1.74. The van der Waals surface area contributed by atoms with Gasteiger partial charge >= 0.3 is 17.6 Å². The molecule has 2 heterocycles. The summed E-state index contributed by atoms with van der Waals surface area (Å²) >= 11 is 0. The molecule has 3 aromatic carbocycles. The van der Waals surface area contributed by atoms with Crippen LogP contribution < -0.4 is 16.0 Å². The van der Waals surface area contributed by atoms with Crippen LogP contribution in [0.25, 0.3) is 0 Å². The Kier molecular flexibility index (Phi) is 7.90. The van der Waals surface area contributed by atoms with Crippen LogP contribution in [0.15, 0.2) is 107 Å². The van der Waals surface area contributed by atoms with Gasteiger partial charge in [0.05, 0.1) is 34.0 Å². The first-order valence-corrected chi connectivity index (χ1v) is 14.4. The second-order valence-electron chi connectivity index (χ2n) is 10.9. The summed E-state index contributed by atoms with van der Waals surface area (Å²) in [5.74, 6) is -2.50. The van der Waals surface area contributed by atoms with Crippen molar-refractivity contribution in [1.82, 2.24) is 9.55 Å². The molecule has 0 spiro atoms. The number of fused-ring (bicyclic) bond motifs is 1. The summed E-state index contributed by atoms with van der Waals surface area (Å²) in [6.45, 7) is -0.0959. The summed E-state index contributed by atoms with van der Waals surface area (Å²) in [6.07, 6.45) is -0.670. The van der Waals surface area contributed by atoms with Crippen molar-refractivity contribution in [3.63, 3.8) is 0 Å². The van der Waals surface area contributed by atoms with E-state index >= 15 is 0 Å². The summed E-state index contributed by atoms with van der Waals surface area (Å²) < 4.78 is 30.2. The molecule has 2 fully saturated rings. The number of benzene rings is 3. The van der Waals surface area contributed by atoms with Crippen molar-refractivity contribution in [2.75, 3.05) is 27.9 Å². The number of methoxy groups -OCH3 is 3. The molecule has 4 atom stereocenters. The molecule has 0 radical (unpaired) electrons. The zero-order valence-corrected chi connectivity index (χ0v) is 24.9. The van der Waals surface area contributed by atoms with Crippen molar-refractivity contribution >= 4 is 11.9 Å². The SMILES string of the molecule is COC(=O)C1(C(=O)OC)[C@@H]2[C@H]1[C@@H](COC(c1ccccc1)(c1ccccc1)c1ccc(OC)cc1)O[C@H]2n1ccc(=O)[nH]c1=O. The van der Waals surface area contributed by atoms with Crippen LogP contribution in [0, 0.1) is 17.3 Å². The first-order valence-electron chi connectivity index (χ1n) is 14.4. The van der Waals surface area contributed by atoms with Gasteiger partial charge in [-0.2, -0.15) is 0 Å². The lowest BCUT2D eigenvalue weighted by Gasteiger charge is -2.37. The molecule has 1 aliphatic carbocycles. The monoisotopic (exact) mass is 612 g/mol. The third kappa shape index (κ3) is 4.75. The van der Waals surface area contributed by atoms with Crippen LogP contribution in [-0.4, -0.2) is 55.5 Å². The highest BCUT2D eigenvalue weighted by atomic mass is 16.6. The van der Waals surface area contributed by atoms with Gasteiger partial charge in [0.15, 0.2) is 5.41 Å². The number of rotatable bonds is 10. The van der Waals surface area contributed by atoms with Gasteiger partial charge < -0.3 is 23.7 Å². The molecule has 11 nitrogen and oxygen atoms in total. The molecular formula is C34H32N2O9. The van der Waals surface area contributed by atoms with E-state index < -0.39 is 58.4 Å². The van der Waals surface area contributed by atoms with E-state index in [-0.39, 0.29) is 6.61 Å². The van der Waals surface area contributed by atoms with E-state index in [0.29, 0.717) is 5.75 Å². The summed E-state index contributed by atoms with van der Waals surface area (Å²) in [6, 6.07) is 28.0. The summed E-state index contributed by atoms with van der Waals surface area (Å²) in [7, 11) is 3.97. The van der Waals surface area contributed by atoms with Gasteiger partial charge in [0.1, 0.15) is 17.6 Å². The number of carbonyl (C=O) groups is 2. The normalized spacial score (nSPS) is 21.4. The van der Waals surface area contributed by atoms with Crippen LogP contribution >= 0.6 is 0 Å². The fourth-order valence-electron chi connectivity index (χ4n) is 6.82. The van der Waals surface area contributed by atoms with E-state index in [1.807, 2.05) is 84.9 Å². The average Bonchev–Trinajstić information content (AvgIpc) is 3.64. The number of carbonyl (C=O) groups excluding carboxylic acids is 2. The molecule has 0 unspecified atom stereocenters. The van der Waals surface area contributed by atoms with E-state index in [1.54, 1.807) is 7.11 Å². The fourth-order valence-corrected chi connectivity index (χ4v) is 6.82. The lowest BCUT2D eigenvalue weighted by atomic mass is 9.80. The summed E-state index contributed by atoms with van der Waals surface area (Å²) in [4.78, 5) is 53.5. The molecule has 11 heteroatoms. The first-order chi connectivity index (χ1) is 21.8. The van der Waals surface area contributed by atoms with Gasteiger partial charge in [-0.25, -0.2) is 4.79 Å². The van der Waals surface area contributed by atoms with Crippen molar-refractivity contribution in [3.05, 3.63) is 135 Å². The van der Waals surface area contributed by atoms with E-state index in [9.17, 15) is 19.2 Å². The van der Waals surface area contributed by atoms with Crippen LogP contribution in [-0.2, 0) is 34.1 Å². The second kappa shape index (κ2) is 11.8. The van der Waals surface area contributed by atoms with Crippen molar-refractivity contribution in [2.24, 2.45) is 17.3 Å². The maximum absolute atomic E-state index is 13.3. The van der Waals surface area contributed by atoms with Crippen LogP contribution in [0.1, 0.15) is 22.9 Å². The molecule has 45 heavy (non-hydrogen) atoms. The third-order valence-corrected chi connectivity index (χ3v) is 8.84. The quantitative estimate of drug-likeness (QED) is 0.163. The van der Waals surface area contributed by atoms with E-state index in [2.05, 4.69) is 4.98 Å². The molecule has 1 aliphatic heterocycles. The Bertz CT molecular complexity index is 1750. The third-order valence-electron chi connectivity index (χ3n) is 8.84. The maximum atomic E-state index is 13.3. The number of H-pyrrole nitrogens is 1. The summed E-state index contributed by atoms with van der Waals surface area (Å²) in [5, 5.41) is 0. The van der Waals surface area contributed by atoms with Gasteiger partial charge in [-0.05, 0) is 28.8 Å². The standard InChI is InChI=1S/C34H32N2O9/c1-41-24-16-14-23(15-17-24)34(21-10-6-4-7-11-21,22-12-8-5-9-13-22)44-20-25-27-28(33(27,30(38)42-2)31(39)43-3)29(45-25)36-19-18-26(37)35-32(36)40/h4-19,25,27-29H,20H2,1-3H3,(H,35,37,40)/t25-,27-,28-,29-/m1/s1. The number of esters is 2. The second-order valence-corrected chi connectivity index (χ2v) is 10.9. The Balaban J connectivity index is 1.47. The number of aromatic amines is 1. The van der Waals surface area contributed by atoms with Gasteiger partial charge in [0.25, 0.3) is 5.56 Å². The minimum absolute atomic E-state index is 0.0959. The molecule has 1 N–H and O–H groups in total. The first kappa shape index (κ1) is 30.0. The molecule has 6 rings (SSSR count). The van der Waals surface area contributed by atoms with Crippen molar-refractivity contribution in [3.8, 4) is 5.75 Å². The zero-order valence-electron chi connectivity index (χ0n) is 24.9. The predicted molar refractivity (Wildman–Crippen MR) is 160 cm³/mol. The van der Waals surface area contributed by atoms with Gasteiger partial charge in [-0.1, -0.05) is 72.8 Å². The smallest absolute Gasteiger partial charge is 0.330 e. The number of nitrogens with one attached hydrogen (secondary N) is 1. The Morgan fingerprint density at radius 2 is 1.36 bits per heavy atom. The number of ether oxygens (including phenoxy) is 5. The molecule has 1 saturated heterocycles. The van der Waals surface area contributed by atoms with Crippen molar-refractivity contribution < 1.29 is 33.3 Å². The largest absolute Gasteiger partial charge is 0.497 e. The van der Waals surface area contributed by atoms with Gasteiger partial charge in [-0.15, -0.1) is 0 Å². The number of nitrogens with zero attached hydrogens (tertiary/aromatic N) is 1. The summed E-state index contributed by atoms with van der Waals surface area (Å²) in [5.41, 5.74) is -1.79. The Labute approximate surface area is 258 Å². The zero-order chi connectivity index (χ0) is 31.8. The Morgan fingerprint density at radius 3 is 1.87 bits per heavy atom. The highest BCUT2D eigenvalue weighted by Crippen LogP contribution is 2.71. The van der Waals surface area contributed by atoms with Crippen LogP contribution in [0.5, 0.6) is 5.75 Å². The van der Waals surface area contributed by atoms with Crippen molar-refractivity contribution in [1.29, 1.82) is 0 Å². The van der Waals surface area contributed by atoms with Gasteiger partial charge in [0, 0.05) is 24.1 Å². The van der Waals surface area contributed by atoms with Gasteiger partial charge in [0.2, 0.25) is 0 Å². The predicted octanol–water partition coefficient (Wildman–Crippen LogP) is 3.03. The molecule has 4 aromatic rings. The number of aromatic nitrogens is 2. The highest BCUT2D eigenvalue weighted by Gasteiger charge is 2.84. The molecule has 2 aliphatic rings. The van der Waals surface area contributed by atoms with E-state index in [0.717, 1.165) is 21.3 Å². The molecule has 232 valence electrons. The lowest BCUT2D eigenvalue weighted by molar-refractivity contribution is -0.173. The molecule has 1 saturated carbocycles. The highest BCUT2D eigenvalue weighted by molar-refractivity contribution is 6.05. The minimum Gasteiger partial charge on any atom is -0.497 e. The number of hydrogen-bond donors (Lipinski definition) is 1. The maximum Gasteiger partial charge on any atom is 0.330 e. The topological polar surface area (TPSA) is 135 Å². The van der Waals surface area contributed by atoms with E-state index in [4.69, 9.17) is 23.7 Å². The average molecular weight is 613 g/mol. The fraction of sp³-hybridized carbons (Fsp3) is 0.294. The van der Waals surface area contributed by atoms with Crippen LogP contribution in [0.4, 0.5) is 0 Å². The molecule has 0 bridgehead atoms.